The van der Waals surface area contributed by atoms with Crippen LogP contribution in [0.5, 0.6) is 11.5 Å². The molecule has 0 saturated heterocycles. The molecule has 0 saturated carbocycles. The molecule has 4 aromatic rings. The second kappa shape index (κ2) is 9.39. The molecule has 12 nitrogen and oxygen atoms in total. The number of hydrogen-bond donors (Lipinski definition) is 1. The van der Waals surface area contributed by atoms with E-state index in [0.29, 0.717) is 23.7 Å². The van der Waals surface area contributed by atoms with Crippen LogP contribution in [-0.4, -0.2) is 44.0 Å². The molecule has 1 aliphatic rings. The van der Waals surface area contributed by atoms with Gasteiger partial charge >= 0.3 is 0 Å². The molecule has 0 unspecified atom stereocenters. The Kier molecular flexibility index (Phi) is 5.82. The van der Waals surface area contributed by atoms with E-state index in [9.17, 15) is 14.9 Å². The first-order chi connectivity index (χ1) is 17.1. The van der Waals surface area contributed by atoms with Crippen molar-refractivity contribution in [1.29, 1.82) is 0 Å². The zero-order chi connectivity index (χ0) is 24.2. The Morgan fingerprint density at radius 2 is 1.86 bits per heavy atom. The van der Waals surface area contributed by atoms with Gasteiger partial charge in [0.15, 0.2) is 11.5 Å². The van der Waals surface area contributed by atoms with Crippen molar-refractivity contribution in [3.63, 3.8) is 0 Å². The number of carbonyl (C=O) groups is 1. The molecule has 0 spiro atoms. The fourth-order valence-electron chi connectivity index (χ4n) is 3.37. The molecule has 35 heavy (non-hydrogen) atoms. The molecule has 3 aromatic carbocycles. The second-order valence-electron chi connectivity index (χ2n) is 7.43. The van der Waals surface area contributed by atoms with Gasteiger partial charge in [-0.05, 0) is 29.0 Å². The summed E-state index contributed by atoms with van der Waals surface area (Å²) in [5.74, 6) is 0.718. The van der Waals surface area contributed by atoms with E-state index in [2.05, 4.69) is 25.9 Å². The number of rotatable bonds is 7. The summed E-state index contributed by atoms with van der Waals surface area (Å²) in [6, 6.07) is 19.0. The van der Waals surface area contributed by atoms with Crippen molar-refractivity contribution >= 4 is 17.8 Å². The van der Waals surface area contributed by atoms with Gasteiger partial charge in [-0.2, -0.15) is 9.90 Å². The number of nitrogens with zero attached hydrogens (tertiary/aromatic N) is 6. The molecular weight excluding hydrogens is 454 g/mol. The summed E-state index contributed by atoms with van der Waals surface area (Å²) in [5, 5.41) is 27.7. The summed E-state index contributed by atoms with van der Waals surface area (Å²) in [4.78, 5) is 24.7. The van der Waals surface area contributed by atoms with Crippen LogP contribution < -0.4 is 14.9 Å². The van der Waals surface area contributed by atoms with Gasteiger partial charge in [0.25, 0.3) is 11.6 Å². The maximum Gasteiger partial charge on any atom is 0.282 e. The zero-order valence-corrected chi connectivity index (χ0v) is 18.1. The third-order valence-electron chi connectivity index (χ3n) is 5.11. The maximum absolute atomic E-state index is 12.4. The molecule has 1 aliphatic heterocycles. The number of nitrogens with one attached hydrogen (secondary N) is 1. The van der Waals surface area contributed by atoms with Crippen molar-refractivity contribution in [2.24, 2.45) is 5.10 Å². The predicted molar refractivity (Wildman–Crippen MR) is 123 cm³/mol. The highest BCUT2D eigenvalue weighted by Crippen LogP contribution is 2.37. The van der Waals surface area contributed by atoms with Crippen molar-refractivity contribution in [2.75, 3.05) is 6.79 Å². The van der Waals surface area contributed by atoms with Gasteiger partial charge in [0.05, 0.1) is 29.3 Å². The number of nitro benzene ring substituents is 1. The van der Waals surface area contributed by atoms with Crippen LogP contribution in [0.1, 0.15) is 21.5 Å². The van der Waals surface area contributed by atoms with E-state index in [4.69, 9.17) is 9.47 Å². The molecule has 1 amide bonds. The molecule has 174 valence electrons. The van der Waals surface area contributed by atoms with Crippen molar-refractivity contribution in [2.45, 2.75) is 6.54 Å². The van der Waals surface area contributed by atoms with Gasteiger partial charge < -0.3 is 9.47 Å². The van der Waals surface area contributed by atoms with Crippen molar-refractivity contribution in [1.82, 2.24) is 25.6 Å². The molecule has 5 rings (SSSR count). The Hall–Kier alpha value is -5.13. The topological polar surface area (TPSA) is 147 Å². The predicted octanol–water partition coefficient (Wildman–Crippen LogP) is 2.79. The van der Waals surface area contributed by atoms with E-state index >= 15 is 0 Å². The maximum atomic E-state index is 12.4. The van der Waals surface area contributed by atoms with E-state index in [-0.39, 0.29) is 23.8 Å². The minimum Gasteiger partial charge on any atom is -0.454 e. The smallest absolute Gasteiger partial charge is 0.282 e. The number of aromatic nitrogens is 4. The van der Waals surface area contributed by atoms with Crippen LogP contribution in [0.2, 0.25) is 0 Å². The number of nitro groups is 1. The van der Waals surface area contributed by atoms with Gasteiger partial charge in [0, 0.05) is 11.1 Å². The van der Waals surface area contributed by atoms with Crippen LogP contribution in [0, 0.1) is 10.1 Å². The molecule has 1 aromatic heterocycles. The van der Waals surface area contributed by atoms with Gasteiger partial charge in [-0.25, -0.2) is 5.43 Å². The lowest BCUT2D eigenvalue weighted by Gasteiger charge is -2.03. The second-order valence-corrected chi connectivity index (χ2v) is 7.43. The fraction of sp³-hybridized carbons (Fsp3) is 0.0870. The van der Waals surface area contributed by atoms with Crippen molar-refractivity contribution in [3.8, 4) is 22.9 Å². The lowest BCUT2D eigenvalue weighted by Crippen LogP contribution is -2.17. The Labute approximate surface area is 197 Å². The van der Waals surface area contributed by atoms with Crippen LogP contribution in [0.4, 0.5) is 5.69 Å². The lowest BCUT2D eigenvalue weighted by atomic mass is 10.1. The van der Waals surface area contributed by atoms with E-state index in [1.54, 1.807) is 24.3 Å². The minimum absolute atomic E-state index is 0.0129. The zero-order valence-electron chi connectivity index (χ0n) is 18.1. The Morgan fingerprint density at radius 1 is 1.11 bits per heavy atom. The third kappa shape index (κ3) is 4.80. The van der Waals surface area contributed by atoms with Crippen LogP contribution in [0.15, 0.2) is 71.8 Å². The first-order valence-electron chi connectivity index (χ1n) is 10.4. The standard InChI is InChI=1S/C23H17N7O5/c31-23(26-24-12-18-10-20-21(35-14-34-20)11-19(18)30(32)33)17-8-6-15(7-9-17)13-29-27-22(25-28-29)16-4-2-1-3-5-16/h1-12H,13-14H2,(H,26,31)/b24-12-. The average molecular weight is 471 g/mol. The van der Waals surface area contributed by atoms with Gasteiger partial charge in [0.2, 0.25) is 12.6 Å². The summed E-state index contributed by atoms with van der Waals surface area (Å²) in [6.45, 7) is 0.370. The lowest BCUT2D eigenvalue weighted by molar-refractivity contribution is -0.385. The first-order valence-corrected chi connectivity index (χ1v) is 10.4. The Morgan fingerprint density at radius 3 is 2.60 bits per heavy atom. The third-order valence-corrected chi connectivity index (χ3v) is 5.11. The number of amides is 1. The molecule has 0 radical (unpaired) electrons. The minimum atomic E-state index is -0.559. The summed E-state index contributed by atoms with van der Waals surface area (Å²) >= 11 is 0. The van der Waals surface area contributed by atoms with Crippen LogP contribution >= 0.6 is 0 Å². The number of hydrogen-bond acceptors (Lipinski definition) is 9. The fourth-order valence-corrected chi connectivity index (χ4v) is 3.37. The average Bonchev–Trinajstić information content (AvgIpc) is 3.53. The number of benzene rings is 3. The molecule has 1 N–H and O–H groups in total. The van der Waals surface area contributed by atoms with Gasteiger partial charge in [-0.15, -0.1) is 10.2 Å². The molecular formula is C23H17N7O5. The van der Waals surface area contributed by atoms with Gasteiger partial charge in [0.1, 0.15) is 0 Å². The first kappa shape index (κ1) is 21.7. The van der Waals surface area contributed by atoms with Crippen molar-refractivity contribution in [3.05, 3.63) is 93.5 Å². The van der Waals surface area contributed by atoms with Crippen LogP contribution in [0.3, 0.4) is 0 Å². The quantitative estimate of drug-likeness (QED) is 0.246. The SMILES string of the molecule is O=C(N/N=C\c1cc2c(cc1[N+](=O)[O-])OCO2)c1ccc(Cn2nnc(-c3ccccc3)n2)cc1. The molecule has 0 bridgehead atoms. The largest absolute Gasteiger partial charge is 0.454 e. The summed E-state index contributed by atoms with van der Waals surface area (Å²) < 4.78 is 10.4. The highest BCUT2D eigenvalue weighted by Gasteiger charge is 2.22. The Balaban J connectivity index is 1.22. The Bertz CT molecular complexity index is 1420. The van der Waals surface area contributed by atoms with Crippen molar-refractivity contribution < 1.29 is 19.2 Å². The molecule has 0 aliphatic carbocycles. The van der Waals surface area contributed by atoms with E-state index in [0.717, 1.165) is 11.1 Å². The van der Waals surface area contributed by atoms with Crippen LogP contribution in [0.25, 0.3) is 11.4 Å². The summed E-state index contributed by atoms with van der Waals surface area (Å²) in [6.07, 6.45) is 1.19. The molecule has 12 heteroatoms. The summed E-state index contributed by atoms with van der Waals surface area (Å²) in [5.41, 5.74) is 4.43. The van der Waals surface area contributed by atoms with E-state index in [1.807, 2.05) is 30.3 Å². The molecule has 0 atom stereocenters. The van der Waals surface area contributed by atoms with Crippen LogP contribution in [-0.2, 0) is 6.54 Å². The van der Waals surface area contributed by atoms with Gasteiger partial charge in [-0.3, -0.25) is 14.9 Å². The normalized spacial score (nSPS) is 12.1. The number of ether oxygens (including phenoxy) is 2. The molecule has 2 heterocycles. The summed E-state index contributed by atoms with van der Waals surface area (Å²) in [7, 11) is 0. The van der Waals surface area contributed by atoms with E-state index < -0.39 is 10.8 Å². The number of carbonyl (C=O) groups excluding carboxylic acids is 1. The number of tetrazole rings is 1. The number of hydrazone groups is 1. The number of fused-ring (bicyclic) bond motifs is 1. The highest BCUT2D eigenvalue weighted by molar-refractivity contribution is 5.95. The molecule has 0 fully saturated rings. The highest BCUT2D eigenvalue weighted by atomic mass is 16.7. The monoisotopic (exact) mass is 471 g/mol. The van der Waals surface area contributed by atoms with Gasteiger partial charge in [-0.1, -0.05) is 42.5 Å². The van der Waals surface area contributed by atoms with E-state index in [1.165, 1.54) is 23.1 Å².